The Hall–Kier alpha value is -2.94. The number of halogens is 2. The highest BCUT2D eigenvalue weighted by Gasteiger charge is 2.45. The molecule has 8 nitrogen and oxygen atoms in total. The smallest absolute Gasteiger partial charge is 0.251 e. The number of hydrogen-bond acceptors (Lipinski definition) is 5. The predicted molar refractivity (Wildman–Crippen MR) is 160 cm³/mol. The molecule has 0 saturated carbocycles. The van der Waals surface area contributed by atoms with Gasteiger partial charge in [0.05, 0.1) is 21.5 Å². The molecule has 3 atom stereocenters. The minimum absolute atomic E-state index is 0.0592. The number of nitrogens with zero attached hydrogens (tertiary/aromatic N) is 2. The van der Waals surface area contributed by atoms with Gasteiger partial charge in [0.2, 0.25) is 17.7 Å². The Kier molecular flexibility index (Phi) is 10.1. The van der Waals surface area contributed by atoms with E-state index in [0.29, 0.717) is 48.1 Å². The molecule has 2 saturated heterocycles. The summed E-state index contributed by atoms with van der Waals surface area (Å²) in [6.45, 7) is 7.19. The van der Waals surface area contributed by atoms with Crippen molar-refractivity contribution >= 4 is 46.8 Å². The Morgan fingerprint density at radius 1 is 1.10 bits per heavy atom. The van der Waals surface area contributed by atoms with Crippen LogP contribution < -0.4 is 10.6 Å². The molecular weight excluding hydrogens is 563 g/mol. The number of rotatable bonds is 10. The average Bonchev–Trinajstić information content (AvgIpc) is 3.05. The van der Waals surface area contributed by atoms with Crippen LogP contribution in [0.15, 0.2) is 48.5 Å². The van der Waals surface area contributed by atoms with Gasteiger partial charge in [0.25, 0.3) is 5.91 Å². The molecule has 0 unspecified atom stereocenters. The fourth-order valence-corrected chi connectivity index (χ4v) is 5.86. The third kappa shape index (κ3) is 7.48. The molecule has 2 fully saturated rings. The van der Waals surface area contributed by atoms with Crippen molar-refractivity contribution in [1.82, 2.24) is 20.4 Å². The number of hydrogen-bond donors (Lipinski definition) is 2. The van der Waals surface area contributed by atoms with Gasteiger partial charge in [0.15, 0.2) is 0 Å². The lowest BCUT2D eigenvalue weighted by molar-refractivity contribution is -0.142. The first-order valence-corrected chi connectivity index (χ1v) is 14.9. The van der Waals surface area contributed by atoms with Crippen molar-refractivity contribution in [1.29, 1.82) is 0 Å². The third-order valence-corrected chi connectivity index (χ3v) is 8.79. The minimum Gasteiger partial charge on any atom is -0.350 e. The topological polar surface area (TPSA) is 98.8 Å². The number of imide groups is 1. The van der Waals surface area contributed by atoms with Gasteiger partial charge in [-0.15, -0.1) is 0 Å². The summed E-state index contributed by atoms with van der Waals surface area (Å²) in [6, 6.07) is 14.1. The molecule has 2 aliphatic heterocycles. The molecule has 2 aliphatic rings. The second kappa shape index (κ2) is 13.4. The van der Waals surface area contributed by atoms with Crippen LogP contribution in [0, 0.1) is 5.41 Å². The molecule has 2 N–H and O–H groups in total. The van der Waals surface area contributed by atoms with Crippen LogP contribution >= 0.6 is 23.2 Å². The summed E-state index contributed by atoms with van der Waals surface area (Å²) in [6.07, 6.45) is 1.97. The van der Waals surface area contributed by atoms with Gasteiger partial charge in [-0.2, -0.15) is 0 Å². The molecule has 4 amide bonds. The van der Waals surface area contributed by atoms with E-state index in [4.69, 9.17) is 23.2 Å². The van der Waals surface area contributed by atoms with Crippen molar-refractivity contribution in [3.05, 3.63) is 69.7 Å². The molecule has 4 rings (SSSR count). The monoisotopic (exact) mass is 600 g/mol. The summed E-state index contributed by atoms with van der Waals surface area (Å²) in [4.78, 5) is 55.2. The van der Waals surface area contributed by atoms with E-state index in [-0.39, 0.29) is 48.6 Å². The molecule has 0 aliphatic carbocycles. The number of carbonyl (C=O) groups is 4. The van der Waals surface area contributed by atoms with Crippen LogP contribution in [-0.2, 0) is 14.4 Å². The molecule has 0 bridgehead atoms. The summed E-state index contributed by atoms with van der Waals surface area (Å²) in [5, 5.41) is 7.03. The van der Waals surface area contributed by atoms with Gasteiger partial charge < -0.3 is 15.5 Å². The van der Waals surface area contributed by atoms with Crippen molar-refractivity contribution in [2.45, 2.75) is 64.5 Å². The average molecular weight is 602 g/mol. The quantitative estimate of drug-likeness (QED) is 0.387. The van der Waals surface area contributed by atoms with Gasteiger partial charge in [-0.3, -0.25) is 24.1 Å². The highest BCUT2D eigenvalue weighted by Crippen LogP contribution is 2.32. The maximum atomic E-state index is 13.9. The lowest BCUT2D eigenvalue weighted by Crippen LogP contribution is -2.50. The van der Waals surface area contributed by atoms with Crippen molar-refractivity contribution in [3.63, 3.8) is 0 Å². The van der Waals surface area contributed by atoms with E-state index in [1.165, 1.54) is 16.5 Å². The Balaban J connectivity index is 1.48. The van der Waals surface area contributed by atoms with Crippen molar-refractivity contribution in [3.8, 4) is 0 Å². The normalized spacial score (nSPS) is 21.6. The van der Waals surface area contributed by atoms with E-state index >= 15 is 0 Å². The summed E-state index contributed by atoms with van der Waals surface area (Å²) in [5.74, 6) is -0.593. The van der Waals surface area contributed by atoms with Crippen LogP contribution in [0.5, 0.6) is 0 Å². The Morgan fingerprint density at radius 3 is 2.46 bits per heavy atom. The zero-order valence-corrected chi connectivity index (χ0v) is 25.3. The number of likely N-dealkylation sites (tertiary alicyclic amines) is 1. The Bertz CT molecular complexity index is 1290. The van der Waals surface area contributed by atoms with E-state index in [2.05, 4.69) is 29.7 Å². The maximum Gasteiger partial charge on any atom is 0.251 e. The highest BCUT2D eigenvalue weighted by atomic mass is 35.5. The van der Waals surface area contributed by atoms with E-state index in [9.17, 15) is 19.2 Å². The molecule has 41 heavy (non-hydrogen) atoms. The Labute approximate surface area is 251 Å². The van der Waals surface area contributed by atoms with Crippen LogP contribution in [0.25, 0.3) is 0 Å². The van der Waals surface area contributed by atoms with E-state index in [1.807, 2.05) is 23.1 Å². The summed E-state index contributed by atoms with van der Waals surface area (Å²) in [7, 11) is 0. The first-order chi connectivity index (χ1) is 19.5. The number of carbonyl (C=O) groups excluding carboxylic acids is 4. The summed E-state index contributed by atoms with van der Waals surface area (Å²) in [5.41, 5.74) is 0.841. The first-order valence-electron chi connectivity index (χ1n) is 14.2. The maximum absolute atomic E-state index is 13.9. The van der Waals surface area contributed by atoms with Gasteiger partial charge >= 0.3 is 0 Å². The van der Waals surface area contributed by atoms with Gasteiger partial charge in [-0.05, 0) is 43.0 Å². The summed E-state index contributed by atoms with van der Waals surface area (Å²) < 4.78 is 0. The molecule has 2 aromatic rings. The lowest BCUT2D eigenvalue weighted by Gasteiger charge is -2.29. The first kappa shape index (κ1) is 31.0. The van der Waals surface area contributed by atoms with Gasteiger partial charge in [-0.25, -0.2) is 0 Å². The van der Waals surface area contributed by atoms with Crippen LogP contribution in [0.1, 0.15) is 68.3 Å². The molecule has 0 spiro atoms. The van der Waals surface area contributed by atoms with E-state index in [1.54, 1.807) is 26.0 Å². The standard InChI is InChI=1S/C31H38Cl2N4O4/c1-4-20(21-8-6-5-7-9-21)19-36-14-12-23(18-34-28(39)22-10-11-24(32)25(33)16-22)35-26(29(36)40)13-15-37-27(38)17-31(2,3)30(37)41/h5-11,16,20,23,26,35H,4,12-15,17-19H2,1-3H3,(H,34,39)/t20-,23-,26-/m1/s1. The van der Waals surface area contributed by atoms with Crippen LogP contribution in [0.4, 0.5) is 0 Å². The molecule has 220 valence electrons. The lowest BCUT2D eigenvalue weighted by atomic mass is 9.92. The SMILES string of the molecule is CC[C@H](CN1CC[C@H](CNC(=O)c2ccc(Cl)c(Cl)c2)N[C@H](CCN2C(=O)CC(C)(C)C2=O)C1=O)c1ccccc1. The molecule has 2 heterocycles. The second-order valence-electron chi connectivity index (χ2n) is 11.5. The fraction of sp³-hybridized carbons (Fsp3) is 0.484. The third-order valence-electron chi connectivity index (χ3n) is 8.05. The fourth-order valence-electron chi connectivity index (χ4n) is 5.56. The van der Waals surface area contributed by atoms with E-state index < -0.39 is 11.5 Å². The zero-order chi connectivity index (χ0) is 29.7. The van der Waals surface area contributed by atoms with Crippen molar-refractivity contribution < 1.29 is 19.2 Å². The number of nitrogens with one attached hydrogen (secondary N) is 2. The van der Waals surface area contributed by atoms with Crippen LogP contribution in [0.3, 0.4) is 0 Å². The summed E-state index contributed by atoms with van der Waals surface area (Å²) >= 11 is 12.1. The molecule has 10 heteroatoms. The van der Waals surface area contributed by atoms with Gasteiger partial charge in [0.1, 0.15) is 0 Å². The van der Waals surface area contributed by atoms with Crippen molar-refractivity contribution in [2.24, 2.45) is 5.41 Å². The number of amides is 4. The predicted octanol–water partition coefficient (Wildman–Crippen LogP) is 4.65. The molecule has 2 aromatic carbocycles. The van der Waals surface area contributed by atoms with Crippen LogP contribution in [-0.4, -0.2) is 71.7 Å². The van der Waals surface area contributed by atoms with Crippen molar-refractivity contribution in [2.75, 3.05) is 26.2 Å². The largest absolute Gasteiger partial charge is 0.350 e. The highest BCUT2D eigenvalue weighted by molar-refractivity contribution is 6.42. The minimum atomic E-state index is -0.731. The van der Waals surface area contributed by atoms with E-state index in [0.717, 1.165) is 6.42 Å². The Morgan fingerprint density at radius 2 is 1.83 bits per heavy atom. The zero-order valence-electron chi connectivity index (χ0n) is 23.8. The molecular formula is C31H38Cl2N4O4. The second-order valence-corrected chi connectivity index (χ2v) is 12.4. The van der Waals surface area contributed by atoms with Crippen LogP contribution in [0.2, 0.25) is 10.0 Å². The van der Waals surface area contributed by atoms with Gasteiger partial charge in [-0.1, -0.05) is 74.3 Å². The molecule has 0 aromatic heterocycles. The van der Waals surface area contributed by atoms with Gasteiger partial charge in [0, 0.05) is 50.1 Å². The molecule has 0 radical (unpaired) electrons. The number of benzene rings is 2.